The van der Waals surface area contributed by atoms with Crippen molar-refractivity contribution in [2.45, 2.75) is 11.4 Å². The van der Waals surface area contributed by atoms with Crippen molar-refractivity contribution in [1.82, 2.24) is 10.3 Å². The van der Waals surface area contributed by atoms with Crippen LogP contribution in [0.5, 0.6) is 11.5 Å². The monoisotopic (exact) mass is 429 g/mol. The van der Waals surface area contributed by atoms with E-state index < -0.39 is 21.7 Å². The molecule has 0 unspecified atom stereocenters. The van der Waals surface area contributed by atoms with E-state index in [1.54, 1.807) is 18.2 Å². The van der Waals surface area contributed by atoms with Crippen molar-refractivity contribution in [3.63, 3.8) is 0 Å². The first kappa shape index (κ1) is 19.6. The number of sulfonamides is 1. The second kappa shape index (κ2) is 7.99. The average Bonchev–Trinajstić information content (AvgIpc) is 3.20. The second-order valence-electron chi connectivity index (χ2n) is 6.36. The van der Waals surface area contributed by atoms with Crippen molar-refractivity contribution in [2.75, 3.05) is 11.5 Å². The molecule has 0 atom stereocenters. The molecule has 1 aliphatic heterocycles. The van der Waals surface area contributed by atoms with Crippen molar-refractivity contribution in [3.8, 4) is 11.5 Å². The van der Waals surface area contributed by atoms with Gasteiger partial charge in [0.05, 0.1) is 10.6 Å². The van der Waals surface area contributed by atoms with Gasteiger partial charge >= 0.3 is 0 Å². The molecule has 4 rings (SSSR count). The number of rotatable bonds is 6. The molecule has 0 bridgehead atoms. The number of amides is 1. The number of ether oxygens (including phenoxy) is 2. The van der Waals surface area contributed by atoms with Crippen LogP contribution >= 0.6 is 0 Å². The quantitative estimate of drug-likeness (QED) is 0.624. The van der Waals surface area contributed by atoms with Crippen LogP contribution in [0.25, 0.3) is 0 Å². The summed E-state index contributed by atoms with van der Waals surface area (Å²) in [4.78, 5) is 16.3. The van der Waals surface area contributed by atoms with E-state index in [1.807, 2.05) is 0 Å². The molecule has 10 heteroatoms. The number of carbonyl (C=O) groups is 1. The molecule has 2 aromatic carbocycles. The zero-order chi connectivity index (χ0) is 21.1. The third-order valence-corrected chi connectivity index (χ3v) is 5.66. The summed E-state index contributed by atoms with van der Waals surface area (Å²) in [6, 6.07) is 12.5. The van der Waals surface area contributed by atoms with Crippen LogP contribution in [0, 0.1) is 5.82 Å². The number of nitrogens with one attached hydrogen (secondary N) is 2. The lowest BCUT2D eigenvalue weighted by Crippen LogP contribution is -2.24. The Bertz CT molecular complexity index is 1200. The maximum Gasteiger partial charge on any atom is 0.270 e. The number of nitrogens with zero attached hydrogens (tertiary/aromatic N) is 1. The van der Waals surface area contributed by atoms with Crippen molar-refractivity contribution in [2.24, 2.45) is 0 Å². The number of hydrogen-bond acceptors (Lipinski definition) is 6. The molecule has 1 aromatic heterocycles. The van der Waals surface area contributed by atoms with Crippen LogP contribution in [0.4, 0.5) is 10.1 Å². The van der Waals surface area contributed by atoms with Gasteiger partial charge in [-0.25, -0.2) is 12.8 Å². The maximum absolute atomic E-state index is 13.0. The van der Waals surface area contributed by atoms with Gasteiger partial charge in [-0.1, -0.05) is 6.07 Å². The molecule has 154 valence electrons. The zero-order valence-electron chi connectivity index (χ0n) is 15.5. The summed E-state index contributed by atoms with van der Waals surface area (Å²) >= 11 is 0. The summed E-state index contributed by atoms with van der Waals surface area (Å²) < 4.78 is 50.8. The highest BCUT2D eigenvalue weighted by atomic mass is 32.2. The van der Waals surface area contributed by atoms with E-state index in [9.17, 15) is 17.6 Å². The molecule has 0 radical (unpaired) electrons. The average molecular weight is 429 g/mol. The Morgan fingerprint density at radius 1 is 1.03 bits per heavy atom. The molecular formula is C20H16FN3O5S. The number of carbonyl (C=O) groups excluding carboxylic acids is 1. The van der Waals surface area contributed by atoms with Crippen LogP contribution in [0.15, 0.2) is 65.7 Å². The second-order valence-corrected chi connectivity index (χ2v) is 8.04. The summed E-state index contributed by atoms with van der Waals surface area (Å²) in [5.74, 6) is 0.236. The number of fused-ring (bicyclic) bond motifs is 1. The Morgan fingerprint density at radius 2 is 1.80 bits per heavy atom. The van der Waals surface area contributed by atoms with Gasteiger partial charge in [0.15, 0.2) is 11.5 Å². The Hall–Kier alpha value is -3.66. The minimum atomic E-state index is -3.94. The number of hydrogen-bond donors (Lipinski definition) is 2. The van der Waals surface area contributed by atoms with E-state index in [0.29, 0.717) is 11.5 Å². The number of pyridine rings is 1. The summed E-state index contributed by atoms with van der Waals surface area (Å²) in [5, 5.41) is 2.72. The van der Waals surface area contributed by atoms with Crippen LogP contribution < -0.4 is 19.5 Å². The fraction of sp³-hybridized carbons (Fsp3) is 0.100. The predicted molar refractivity (Wildman–Crippen MR) is 105 cm³/mol. The third-order valence-electron chi connectivity index (χ3n) is 4.26. The van der Waals surface area contributed by atoms with Gasteiger partial charge in [-0.05, 0) is 54.1 Å². The number of halogens is 1. The first-order chi connectivity index (χ1) is 14.4. The maximum atomic E-state index is 13.0. The summed E-state index contributed by atoms with van der Waals surface area (Å²) in [7, 11) is -3.94. The van der Waals surface area contributed by atoms with Gasteiger partial charge in [-0.15, -0.1) is 0 Å². The molecule has 0 aliphatic carbocycles. The van der Waals surface area contributed by atoms with Gasteiger partial charge in [-0.3, -0.25) is 14.5 Å². The van der Waals surface area contributed by atoms with E-state index in [0.717, 1.165) is 29.8 Å². The lowest BCUT2D eigenvalue weighted by molar-refractivity contribution is 0.0946. The van der Waals surface area contributed by atoms with Gasteiger partial charge in [0.25, 0.3) is 15.9 Å². The smallest absolute Gasteiger partial charge is 0.270 e. The van der Waals surface area contributed by atoms with Crippen molar-refractivity contribution < 1.29 is 27.1 Å². The van der Waals surface area contributed by atoms with E-state index in [4.69, 9.17) is 9.47 Å². The number of benzene rings is 2. The molecule has 1 amide bonds. The minimum absolute atomic E-state index is 0.0371. The van der Waals surface area contributed by atoms with Gasteiger partial charge in [0, 0.05) is 12.7 Å². The molecule has 0 saturated carbocycles. The fourth-order valence-corrected chi connectivity index (χ4v) is 3.82. The zero-order valence-corrected chi connectivity index (χ0v) is 16.3. The molecule has 3 aromatic rings. The molecule has 0 fully saturated rings. The number of aromatic nitrogens is 1. The minimum Gasteiger partial charge on any atom is -0.454 e. The van der Waals surface area contributed by atoms with Crippen molar-refractivity contribution in [1.29, 1.82) is 0 Å². The van der Waals surface area contributed by atoms with E-state index in [1.165, 1.54) is 18.3 Å². The molecule has 2 N–H and O–H groups in total. The Labute approximate surface area is 171 Å². The topological polar surface area (TPSA) is 107 Å². The van der Waals surface area contributed by atoms with Crippen LogP contribution in [-0.2, 0) is 16.6 Å². The van der Waals surface area contributed by atoms with Gasteiger partial charge < -0.3 is 14.8 Å². The molecule has 0 spiro atoms. The highest BCUT2D eigenvalue weighted by Crippen LogP contribution is 2.32. The molecule has 30 heavy (non-hydrogen) atoms. The van der Waals surface area contributed by atoms with Crippen LogP contribution in [0.2, 0.25) is 0 Å². The first-order valence-corrected chi connectivity index (χ1v) is 10.3. The predicted octanol–water partition coefficient (Wildman–Crippen LogP) is 2.68. The normalized spacial score (nSPS) is 12.4. The summed E-state index contributed by atoms with van der Waals surface area (Å²) in [6.45, 7) is 0.387. The van der Waals surface area contributed by atoms with E-state index in [-0.39, 0.29) is 29.6 Å². The molecule has 2 heterocycles. The van der Waals surface area contributed by atoms with Crippen LogP contribution in [0.1, 0.15) is 16.1 Å². The summed E-state index contributed by atoms with van der Waals surface area (Å²) in [6.07, 6.45) is 1.32. The van der Waals surface area contributed by atoms with Gasteiger partial charge in [0.1, 0.15) is 11.5 Å². The highest BCUT2D eigenvalue weighted by molar-refractivity contribution is 7.92. The Kier molecular flexibility index (Phi) is 5.23. The van der Waals surface area contributed by atoms with E-state index in [2.05, 4.69) is 15.0 Å². The largest absolute Gasteiger partial charge is 0.454 e. The fourth-order valence-electron chi connectivity index (χ4n) is 2.77. The molecule has 1 aliphatic rings. The van der Waals surface area contributed by atoms with Crippen LogP contribution in [-0.4, -0.2) is 26.1 Å². The molecular weight excluding hydrogens is 413 g/mol. The Morgan fingerprint density at radius 3 is 2.60 bits per heavy atom. The molecule has 0 saturated heterocycles. The lowest BCUT2D eigenvalue weighted by atomic mass is 10.2. The standard InChI is InChI=1S/C20H16FN3O5S/c21-14-2-4-16(5-3-14)30(26,27)24-15-7-8-22-17(10-15)20(25)23-11-13-1-6-18-19(9-13)29-12-28-18/h1-10H,11-12H2,(H,22,24)(H,23,25). The van der Waals surface area contributed by atoms with Gasteiger partial charge in [-0.2, -0.15) is 0 Å². The molecule has 8 nitrogen and oxygen atoms in total. The van der Waals surface area contributed by atoms with Crippen molar-refractivity contribution in [3.05, 3.63) is 77.9 Å². The first-order valence-electron chi connectivity index (χ1n) is 8.82. The van der Waals surface area contributed by atoms with E-state index >= 15 is 0 Å². The highest BCUT2D eigenvalue weighted by Gasteiger charge is 2.17. The van der Waals surface area contributed by atoms with Crippen molar-refractivity contribution >= 4 is 21.6 Å². The lowest BCUT2D eigenvalue weighted by Gasteiger charge is -2.10. The van der Waals surface area contributed by atoms with Gasteiger partial charge in [0.2, 0.25) is 6.79 Å². The SMILES string of the molecule is O=C(NCc1ccc2c(c1)OCO2)c1cc(NS(=O)(=O)c2ccc(F)cc2)ccn1. The van der Waals surface area contributed by atoms with Crippen LogP contribution in [0.3, 0.4) is 0 Å². The third kappa shape index (κ3) is 4.33. The Balaban J connectivity index is 1.43. The summed E-state index contributed by atoms with van der Waals surface area (Å²) in [5.41, 5.74) is 0.998. The number of anilines is 1.